The number of hydrogen-bond donors (Lipinski definition) is 0. The summed E-state index contributed by atoms with van der Waals surface area (Å²) < 4.78 is 29.9. The third kappa shape index (κ3) is 2.44. The molecule has 0 aromatic heterocycles. The van der Waals surface area contributed by atoms with E-state index in [1.807, 2.05) is 6.92 Å². The molecule has 0 radical (unpaired) electrons. The van der Waals surface area contributed by atoms with Crippen LogP contribution >= 0.6 is 0 Å². The summed E-state index contributed by atoms with van der Waals surface area (Å²) >= 11 is 0. The molecule has 0 amide bonds. The first-order valence-electron chi connectivity index (χ1n) is 4.81. The second-order valence-electron chi connectivity index (χ2n) is 4.25. The molecule has 15 heavy (non-hydrogen) atoms. The van der Waals surface area contributed by atoms with Crippen LogP contribution in [0.3, 0.4) is 0 Å². The molecule has 1 aliphatic rings. The second-order valence-corrected chi connectivity index (χ2v) is 5.70. The molecule has 1 unspecified atom stereocenters. The summed E-state index contributed by atoms with van der Waals surface area (Å²) in [6.07, 6.45) is 0. The van der Waals surface area contributed by atoms with Crippen molar-refractivity contribution in [2.45, 2.75) is 11.8 Å². The zero-order valence-corrected chi connectivity index (χ0v) is 9.35. The lowest BCUT2D eigenvalue weighted by Crippen LogP contribution is -2.43. The molecular weight excluding hydrogens is 215 g/mol. The summed E-state index contributed by atoms with van der Waals surface area (Å²) in [5.74, 6) is 0.201. The molecular formula is C11H13FO2S. The van der Waals surface area contributed by atoms with Crippen LogP contribution in [0.1, 0.15) is 6.92 Å². The monoisotopic (exact) mass is 228 g/mol. The maximum atomic E-state index is 12.9. The van der Waals surface area contributed by atoms with Crippen molar-refractivity contribution in [3.8, 4) is 0 Å². The Balaban J connectivity index is 2.08. The molecule has 2 rings (SSSR count). The van der Waals surface area contributed by atoms with Crippen molar-refractivity contribution in [1.82, 2.24) is 0 Å². The van der Waals surface area contributed by atoms with Crippen molar-refractivity contribution < 1.29 is 13.3 Å². The SMILES string of the molecule is CC1(CS(=O)c2cccc(F)c2)COC1. The van der Waals surface area contributed by atoms with Crippen LogP contribution in [0.25, 0.3) is 0 Å². The minimum absolute atomic E-state index is 0.00280. The zero-order valence-electron chi connectivity index (χ0n) is 8.53. The van der Waals surface area contributed by atoms with Crippen molar-refractivity contribution in [2.24, 2.45) is 5.41 Å². The predicted octanol–water partition coefficient (Wildman–Crippen LogP) is 1.97. The zero-order chi connectivity index (χ0) is 10.9. The van der Waals surface area contributed by atoms with Crippen molar-refractivity contribution in [3.63, 3.8) is 0 Å². The van der Waals surface area contributed by atoms with Gasteiger partial charge in [0.25, 0.3) is 0 Å². The van der Waals surface area contributed by atoms with Crippen molar-refractivity contribution in [2.75, 3.05) is 19.0 Å². The summed E-state index contributed by atoms with van der Waals surface area (Å²) in [6.45, 7) is 3.33. The van der Waals surface area contributed by atoms with Crippen LogP contribution < -0.4 is 0 Å². The Bertz CT molecular complexity index is 388. The number of rotatable bonds is 3. The average Bonchev–Trinajstić information content (AvgIpc) is 2.15. The van der Waals surface area contributed by atoms with Crippen molar-refractivity contribution in [3.05, 3.63) is 30.1 Å². The van der Waals surface area contributed by atoms with E-state index in [4.69, 9.17) is 4.74 Å². The molecule has 0 spiro atoms. The van der Waals surface area contributed by atoms with Gasteiger partial charge in [-0.15, -0.1) is 0 Å². The normalized spacial score (nSPS) is 20.7. The Morgan fingerprint density at radius 3 is 2.80 bits per heavy atom. The van der Waals surface area contributed by atoms with Crippen LogP contribution in [0.2, 0.25) is 0 Å². The van der Waals surface area contributed by atoms with E-state index < -0.39 is 10.8 Å². The molecule has 1 fully saturated rings. The first-order valence-corrected chi connectivity index (χ1v) is 6.13. The van der Waals surface area contributed by atoms with E-state index in [-0.39, 0.29) is 11.2 Å². The largest absolute Gasteiger partial charge is 0.380 e. The van der Waals surface area contributed by atoms with Gasteiger partial charge in [0.15, 0.2) is 0 Å². The van der Waals surface area contributed by atoms with Crippen LogP contribution in [-0.4, -0.2) is 23.2 Å². The lowest BCUT2D eigenvalue weighted by Gasteiger charge is -2.37. The Morgan fingerprint density at radius 2 is 2.27 bits per heavy atom. The van der Waals surface area contributed by atoms with Gasteiger partial charge in [0.05, 0.1) is 24.0 Å². The van der Waals surface area contributed by atoms with Crippen LogP contribution in [0.4, 0.5) is 4.39 Å². The molecule has 0 aliphatic carbocycles. The van der Waals surface area contributed by atoms with E-state index in [1.165, 1.54) is 12.1 Å². The summed E-state index contributed by atoms with van der Waals surface area (Å²) in [5.41, 5.74) is -0.00280. The highest BCUT2D eigenvalue weighted by atomic mass is 32.2. The van der Waals surface area contributed by atoms with Gasteiger partial charge in [0.1, 0.15) is 5.82 Å². The topological polar surface area (TPSA) is 26.3 Å². The first kappa shape index (κ1) is 10.8. The maximum absolute atomic E-state index is 12.9. The molecule has 1 saturated heterocycles. The van der Waals surface area contributed by atoms with Crippen molar-refractivity contribution in [1.29, 1.82) is 0 Å². The van der Waals surface area contributed by atoms with Gasteiger partial charge in [0.2, 0.25) is 0 Å². The number of ether oxygens (including phenoxy) is 1. The van der Waals surface area contributed by atoms with Gasteiger partial charge in [0, 0.05) is 16.1 Å². The molecule has 1 atom stereocenters. The highest BCUT2D eigenvalue weighted by molar-refractivity contribution is 7.85. The summed E-state index contributed by atoms with van der Waals surface area (Å²) in [7, 11) is -1.13. The van der Waals surface area contributed by atoms with Crippen LogP contribution in [0.5, 0.6) is 0 Å². The maximum Gasteiger partial charge on any atom is 0.124 e. The van der Waals surface area contributed by atoms with Gasteiger partial charge >= 0.3 is 0 Å². The van der Waals surface area contributed by atoms with E-state index in [9.17, 15) is 8.60 Å². The molecule has 0 bridgehead atoms. The lowest BCUT2D eigenvalue weighted by atomic mass is 9.92. The molecule has 82 valence electrons. The van der Waals surface area contributed by atoms with Gasteiger partial charge < -0.3 is 4.74 Å². The minimum atomic E-state index is -1.13. The predicted molar refractivity (Wildman–Crippen MR) is 56.6 cm³/mol. The molecule has 0 saturated carbocycles. The highest BCUT2D eigenvalue weighted by Gasteiger charge is 2.35. The Kier molecular flexibility index (Phi) is 2.89. The van der Waals surface area contributed by atoms with Gasteiger partial charge in [-0.05, 0) is 18.2 Å². The summed E-state index contributed by atoms with van der Waals surface area (Å²) in [5, 5.41) is 0. The molecule has 1 aromatic carbocycles. The molecule has 1 aromatic rings. The lowest BCUT2D eigenvalue weighted by molar-refractivity contribution is -0.0865. The molecule has 1 aliphatic heterocycles. The fourth-order valence-electron chi connectivity index (χ4n) is 1.54. The Hall–Kier alpha value is -0.740. The average molecular weight is 228 g/mol. The third-order valence-corrected chi connectivity index (χ3v) is 4.18. The Labute approximate surface area is 90.9 Å². The minimum Gasteiger partial charge on any atom is -0.380 e. The second kappa shape index (κ2) is 4.02. The summed E-state index contributed by atoms with van der Waals surface area (Å²) in [4.78, 5) is 0.558. The number of halogens is 1. The van der Waals surface area contributed by atoms with E-state index in [0.29, 0.717) is 23.9 Å². The van der Waals surface area contributed by atoms with E-state index >= 15 is 0 Å². The highest BCUT2D eigenvalue weighted by Crippen LogP contribution is 2.29. The van der Waals surface area contributed by atoms with Gasteiger partial charge in [-0.3, -0.25) is 4.21 Å². The Morgan fingerprint density at radius 1 is 1.53 bits per heavy atom. The number of hydrogen-bond acceptors (Lipinski definition) is 2. The molecule has 4 heteroatoms. The van der Waals surface area contributed by atoms with Crippen LogP contribution in [-0.2, 0) is 15.5 Å². The standard InChI is InChI=1S/C11H13FO2S/c1-11(6-14-7-11)8-15(13)10-4-2-3-9(12)5-10/h2-5H,6-8H2,1H3. The van der Waals surface area contributed by atoms with Crippen molar-refractivity contribution >= 4 is 10.8 Å². The molecule has 0 N–H and O–H groups in total. The summed E-state index contributed by atoms with van der Waals surface area (Å²) in [6, 6.07) is 5.97. The van der Waals surface area contributed by atoms with Crippen LogP contribution in [0, 0.1) is 11.2 Å². The van der Waals surface area contributed by atoms with Gasteiger partial charge in [-0.25, -0.2) is 4.39 Å². The van der Waals surface area contributed by atoms with Crippen LogP contribution in [0.15, 0.2) is 29.2 Å². The van der Waals surface area contributed by atoms with Gasteiger partial charge in [-0.2, -0.15) is 0 Å². The fourth-order valence-corrected chi connectivity index (χ4v) is 2.98. The quantitative estimate of drug-likeness (QED) is 0.790. The fraction of sp³-hybridized carbons (Fsp3) is 0.455. The van der Waals surface area contributed by atoms with E-state index in [0.717, 1.165) is 0 Å². The third-order valence-electron chi connectivity index (χ3n) is 2.44. The smallest absolute Gasteiger partial charge is 0.124 e. The van der Waals surface area contributed by atoms with E-state index in [1.54, 1.807) is 12.1 Å². The number of benzene rings is 1. The van der Waals surface area contributed by atoms with Gasteiger partial charge in [-0.1, -0.05) is 13.0 Å². The molecule has 1 heterocycles. The first-order chi connectivity index (χ1) is 7.09. The van der Waals surface area contributed by atoms with E-state index in [2.05, 4.69) is 0 Å². The molecule has 2 nitrogen and oxygen atoms in total.